The Hall–Kier alpha value is -3.32. The van der Waals surface area contributed by atoms with Crippen LogP contribution in [0.25, 0.3) is 0 Å². The van der Waals surface area contributed by atoms with Gasteiger partial charge < -0.3 is 18.9 Å². The monoisotopic (exact) mass is 384 g/mol. The van der Waals surface area contributed by atoms with E-state index in [2.05, 4.69) is 0 Å². The van der Waals surface area contributed by atoms with Crippen molar-refractivity contribution in [2.45, 2.75) is 0 Å². The minimum atomic E-state index is -0.556. The van der Waals surface area contributed by atoms with Crippen LogP contribution in [0.5, 0.6) is 23.0 Å². The molecule has 0 amide bonds. The molecule has 7 heteroatoms. The van der Waals surface area contributed by atoms with Crippen LogP contribution in [0.2, 0.25) is 0 Å². The van der Waals surface area contributed by atoms with Crippen molar-refractivity contribution in [1.29, 1.82) is 0 Å². The molecule has 0 spiro atoms. The van der Waals surface area contributed by atoms with E-state index in [4.69, 9.17) is 18.9 Å². The summed E-state index contributed by atoms with van der Waals surface area (Å²) in [6.45, 7) is 0. The molecule has 27 heavy (non-hydrogen) atoms. The maximum atomic E-state index is 12.2. The number of carbonyl (C=O) groups is 2. The van der Waals surface area contributed by atoms with E-state index in [0.717, 1.165) is 11.3 Å². The van der Waals surface area contributed by atoms with Gasteiger partial charge in [-0.05, 0) is 54.6 Å². The van der Waals surface area contributed by atoms with Crippen molar-refractivity contribution in [2.75, 3.05) is 14.2 Å². The molecule has 2 aromatic carbocycles. The van der Waals surface area contributed by atoms with E-state index in [1.165, 1.54) is 6.07 Å². The highest BCUT2D eigenvalue weighted by molar-refractivity contribution is 7.12. The van der Waals surface area contributed by atoms with Gasteiger partial charge in [0.25, 0.3) is 0 Å². The van der Waals surface area contributed by atoms with Gasteiger partial charge in [-0.3, -0.25) is 0 Å². The number of hydrogen-bond acceptors (Lipinski definition) is 7. The summed E-state index contributed by atoms with van der Waals surface area (Å²) in [7, 11) is 3.11. The predicted molar refractivity (Wildman–Crippen MR) is 100 cm³/mol. The molecule has 0 saturated carbocycles. The van der Waals surface area contributed by atoms with E-state index >= 15 is 0 Å². The average molecular weight is 384 g/mol. The Bertz CT molecular complexity index is 852. The highest BCUT2D eigenvalue weighted by Crippen LogP contribution is 2.23. The van der Waals surface area contributed by atoms with E-state index in [9.17, 15) is 9.59 Å². The molecule has 6 nitrogen and oxygen atoms in total. The molecule has 0 radical (unpaired) electrons. The predicted octanol–water partition coefficient (Wildman–Crippen LogP) is 4.20. The molecule has 0 N–H and O–H groups in total. The number of hydrogen-bond donors (Lipinski definition) is 0. The van der Waals surface area contributed by atoms with Gasteiger partial charge in [-0.25, -0.2) is 9.59 Å². The Labute approximate surface area is 159 Å². The van der Waals surface area contributed by atoms with Gasteiger partial charge in [-0.15, -0.1) is 11.3 Å². The lowest BCUT2D eigenvalue weighted by atomic mass is 10.3. The highest BCUT2D eigenvalue weighted by atomic mass is 32.1. The highest BCUT2D eigenvalue weighted by Gasteiger charge is 2.17. The lowest BCUT2D eigenvalue weighted by molar-refractivity contribution is 0.0734. The zero-order chi connectivity index (χ0) is 19.2. The summed E-state index contributed by atoms with van der Waals surface area (Å²) >= 11 is 1.11. The van der Waals surface area contributed by atoms with E-state index < -0.39 is 11.9 Å². The lowest BCUT2D eigenvalue weighted by Crippen LogP contribution is -2.09. The molecule has 0 unspecified atom stereocenters. The molecule has 0 aliphatic rings. The fraction of sp³-hybridized carbons (Fsp3) is 0.100. The molecule has 0 saturated heterocycles. The number of thiophene rings is 1. The first-order valence-corrected chi connectivity index (χ1v) is 8.78. The van der Waals surface area contributed by atoms with Crippen molar-refractivity contribution in [3.8, 4) is 23.0 Å². The number of carbonyl (C=O) groups excluding carboxylic acids is 2. The summed E-state index contributed by atoms with van der Waals surface area (Å²) < 4.78 is 20.7. The number of benzene rings is 2. The molecule has 0 fully saturated rings. The van der Waals surface area contributed by atoms with Crippen LogP contribution in [0, 0.1) is 0 Å². The number of rotatable bonds is 6. The fourth-order valence-electron chi connectivity index (χ4n) is 2.16. The number of esters is 2. The Morgan fingerprint density at radius 1 is 0.704 bits per heavy atom. The number of ether oxygens (including phenoxy) is 4. The first-order chi connectivity index (χ1) is 13.1. The van der Waals surface area contributed by atoms with Gasteiger partial charge in [0.2, 0.25) is 0 Å². The van der Waals surface area contributed by atoms with Crippen molar-refractivity contribution in [3.05, 3.63) is 70.4 Å². The van der Waals surface area contributed by atoms with Gasteiger partial charge >= 0.3 is 11.9 Å². The zero-order valence-corrected chi connectivity index (χ0v) is 15.4. The second-order valence-corrected chi connectivity index (χ2v) is 6.24. The molecule has 0 aliphatic heterocycles. The summed E-state index contributed by atoms with van der Waals surface area (Å²) in [5, 5.41) is 1.55. The average Bonchev–Trinajstić information content (AvgIpc) is 3.20. The van der Waals surface area contributed by atoms with Crippen molar-refractivity contribution >= 4 is 23.3 Å². The Morgan fingerprint density at radius 2 is 1.15 bits per heavy atom. The van der Waals surface area contributed by atoms with Crippen LogP contribution in [0.1, 0.15) is 20.0 Å². The van der Waals surface area contributed by atoms with Crippen LogP contribution in [-0.2, 0) is 0 Å². The van der Waals surface area contributed by atoms with Gasteiger partial charge in [-0.2, -0.15) is 0 Å². The minimum absolute atomic E-state index is 0.275. The largest absolute Gasteiger partial charge is 0.497 e. The molecule has 0 atom stereocenters. The van der Waals surface area contributed by atoms with Crippen molar-refractivity contribution in [1.82, 2.24) is 0 Å². The third-order valence-corrected chi connectivity index (χ3v) is 4.49. The summed E-state index contributed by atoms with van der Waals surface area (Å²) in [5.41, 5.74) is 0.275. The molecule has 0 bridgehead atoms. The fourth-order valence-corrected chi connectivity index (χ4v) is 2.91. The normalized spacial score (nSPS) is 10.1. The quantitative estimate of drug-likeness (QED) is 0.468. The summed E-state index contributed by atoms with van der Waals surface area (Å²) in [5.74, 6) is 0.989. The van der Waals surface area contributed by atoms with Crippen LogP contribution in [-0.4, -0.2) is 26.2 Å². The minimum Gasteiger partial charge on any atom is -0.497 e. The second-order valence-electron chi connectivity index (χ2n) is 5.33. The Morgan fingerprint density at radius 3 is 1.63 bits per heavy atom. The standard InChI is InChI=1S/C20H16O6S/c1-23-14-3-7-16(8-4-14)25-19(21)13-11-18(27-12-13)20(22)26-17-9-5-15(24-2)6-10-17/h3-12H,1-2H3. The first-order valence-electron chi connectivity index (χ1n) is 7.90. The first kappa shape index (κ1) is 18.5. The third kappa shape index (κ3) is 4.65. The molecule has 0 aliphatic carbocycles. The maximum absolute atomic E-state index is 12.2. The molecule has 3 aromatic rings. The van der Waals surface area contributed by atoms with E-state index in [0.29, 0.717) is 27.9 Å². The Kier molecular flexibility index (Phi) is 5.73. The second kappa shape index (κ2) is 8.37. The molecule has 1 heterocycles. The van der Waals surface area contributed by atoms with Gasteiger partial charge in [-0.1, -0.05) is 0 Å². The van der Waals surface area contributed by atoms with E-state index in [-0.39, 0.29) is 5.56 Å². The summed E-state index contributed by atoms with van der Waals surface area (Å²) in [4.78, 5) is 24.7. The van der Waals surface area contributed by atoms with Crippen molar-refractivity contribution in [2.24, 2.45) is 0 Å². The molecular weight excluding hydrogens is 368 g/mol. The van der Waals surface area contributed by atoms with Gasteiger partial charge in [0.05, 0.1) is 19.8 Å². The molecule has 138 valence electrons. The van der Waals surface area contributed by atoms with Gasteiger partial charge in [0.15, 0.2) is 0 Å². The summed E-state index contributed by atoms with van der Waals surface area (Å²) in [6, 6.07) is 14.7. The summed E-state index contributed by atoms with van der Waals surface area (Å²) in [6.07, 6.45) is 0. The SMILES string of the molecule is COc1ccc(OC(=O)c2csc(C(=O)Oc3ccc(OC)cc3)c2)cc1. The van der Waals surface area contributed by atoms with Crippen molar-refractivity contribution < 1.29 is 28.5 Å². The van der Waals surface area contributed by atoms with Gasteiger partial charge in [0, 0.05) is 5.38 Å². The van der Waals surface area contributed by atoms with Gasteiger partial charge in [0.1, 0.15) is 27.9 Å². The topological polar surface area (TPSA) is 71.1 Å². The lowest BCUT2D eigenvalue weighted by Gasteiger charge is -2.04. The smallest absolute Gasteiger partial charge is 0.353 e. The molecule has 3 rings (SSSR count). The van der Waals surface area contributed by atoms with E-state index in [1.54, 1.807) is 68.1 Å². The Balaban J connectivity index is 1.63. The maximum Gasteiger partial charge on any atom is 0.353 e. The zero-order valence-electron chi connectivity index (χ0n) is 14.6. The van der Waals surface area contributed by atoms with Crippen LogP contribution in [0.4, 0.5) is 0 Å². The van der Waals surface area contributed by atoms with Crippen LogP contribution >= 0.6 is 11.3 Å². The van der Waals surface area contributed by atoms with Crippen LogP contribution < -0.4 is 18.9 Å². The van der Waals surface area contributed by atoms with E-state index in [1.807, 2.05) is 0 Å². The van der Waals surface area contributed by atoms with Crippen molar-refractivity contribution in [3.63, 3.8) is 0 Å². The van der Waals surface area contributed by atoms with Crippen LogP contribution in [0.3, 0.4) is 0 Å². The third-order valence-electron chi connectivity index (χ3n) is 3.58. The number of methoxy groups -OCH3 is 2. The molecule has 1 aromatic heterocycles. The van der Waals surface area contributed by atoms with Crippen LogP contribution in [0.15, 0.2) is 60.0 Å². The molecular formula is C20H16O6S.